The molecule has 0 aliphatic carbocycles. The number of rotatable bonds is 4. The summed E-state index contributed by atoms with van der Waals surface area (Å²) in [6.45, 7) is 8.91. The normalized spacial score (nSPS) is 12.1. The molecule has 5 heterocycles. The summed E-state index contributed by atoms with van der Waals surface area (Å²) in [4.78, 5) is 15.3. The molecule has 0 atom stereocenters. The third-order valence-electron chi connectivity index (χ3n) is 12.3. The summed E-state index contributed by atoms with van der Waals surface area (Å²) in [5.74, 6) is 1.46. The highest BCUT2D eigenvalue weighted by Gasteiger charge is 2.24. The van der Waals surface area contributed by atoms with Gasteiger partial charge in [-0.05, 0) is 145 Å². The lowest BCUT2D eigenvalue weighted by Crippen LogP contribution is -2.00. The van der Waals surface area contributed by atoms with E-state index in [9.17, 15) is 0 Å². The average Bonchev–Trinajstić information content (AvgIpc) is 3.84. The molecule has 7 aromatic carbocycles. The molecule has 5 aromatic heterocycles. The number of fused-ring (bicyclic) bond motifs is 16. The molecule has 0 N–H and O–H groups in total. The fourth-order valence-electron chi connectivity index (χ4n) is 9.74. The molecule has 0 aliphatic heterocycles. The molecule has 12 rings (SSSR count). The number of nitrogens with zero attached hydrogens (tertiary/aromatic N) is 5. The SMILES string of the molecule is Cc1cccc(C)c1-c1ccc2c3ccc(Oc4ccc5c(c4)c4nc6ccccc6n4c4cccnc54)cc3c3nc4ccccc4n3c2c1-c1c(C)cccc1C. The van der Waals surface area contributed by atoms with Crippen LogP contribution in [0.15, 0.2) is 152 Å². The molecule has 0 fully saturated rings. The van der Waals surface area contributed by atoms with Crippen molar-refractivity contribution in [3.05, 3.63) is 174 Å². The maximum Gasteiger partial charge on any atom is 0.146 e. The Morgan fingerprint density at radius 1 is 0.424 bits per heavy atom. The number of hydrogen-bond acceptors (Lipinski definition) is 4. The van der Waals surface area contributed by atoms with Crippen LogP contribution in [0.3, 0.4) is 0 Å². The number of imidazole rings is 2. The Balaban J connectivity index is 1.12. The Labute approximate surface area is 339 Å². The molecule has 0 bridgehead atoms. The lowest BCUT2D eigenvalue weighted by atomic mass is 9.84. The molecule has 0 saturated heterocycles. The summed E-state index contributed by atoms with van der Waals surface area (Å²) in [7, 11) is 0. The zero-order valence-corrected chi connectivity index (χ0v) is 33.1. The number of hydrogen-bond donors (Lipinski definition) is 0. The highest BCUT2D eigenvalue weighted by atomic mass is 16.5. The maximum atomic E-state index is 6.80. The quantitative estimate of drug-likeness (QED) is 0.168. The Kier molecular flexibility index (Phi) is 7.09. The number of para-hydroxylation sites is 4. The average molecular weight is 760 g/mol. The van der Waals surface area contributed by atoms with Gasteiger partial charge in [-0.3, -0.25) is 13.8 Å². The molecule has 280 valence electrons. The van der Waals surface area contributed by atoms with Gasteiger partial charge in [-0.15, -0.1) is 0 Å². The van der Waals surface area contributed by atoms with Gasteiger partial charge >= 0.3 is 0 Å². The zero-order chi connectivity index (χ0) is 39.5. The van der Waals surface area contributed by atoms with Crippen molar-refractivity contribution < 1.29 is 4.74 Å². The van der Waals surface area contributed by atoms with E-state index in [4.69, 9.17) is 19.7 Å². The number of aromatic nitrogens is 5. The predicted molar refractivity (Wildman–Crippen MR) is 243 cm³/mol. The first kappa shape index (κ1) is 33.6. The van der Waals surface area contributed by atoms with Crippen LogP contribution in [0.2, 0.25) is 0 Å². The van der Waals surface area contributed by atoms with Crippen LogP contribution < -0.4 is 4.74 Å². The van der Waals surface area contributed by atoms with Gasteiger partial charge in [0, 0.05) is 33.3 Å². The molecule has 0 amide bonds. The van der Waals surface area contributed by atoms with Crippen molar-refractivity contribution in [2.24, 2.45) is 0 Å². The Bertz CT molecular complexity index is 3720. The van der Waals surface area contributed by atoms with Crippen LogP contribution in [0.1, 0.15) is 22.3 Å². The van der Waals surface area contributed by atoms with Crippen molar-refractivity contribution in [3.8, 4) is 33.8 Å². The van der Waals surface area contributed by atoms with Gasteiger partial charge in [0.25, 0.3) is 0 Å². The second-order valence-corrected chi connectivity index (χ2v) is 15.8. The summed E-state index contributed by atoms with van der Waals surface area (Å²) in [6, 6.07) is 51.4. The molecule has 0 unspecified atom stereocenters. The van der Waals surface area contributed by atoms with Crippen LogP contribution in [-0.4, -0.2) is 23.8 Å². The number of ether oxygens (including phenoxy) is 1. The van der Waals surface area contributed by atoms with E-state index >= 15 is 0 Å². The Morgan fingerprint density at radius 3 is 1.64 bits per heavy atom. The second-order valence-electron chi connectivity index (χ2n) is 15.8. The fraction of sp³-hybridized carbons (Fsp3) is 0.0755. The highest BCUT2D eigenvalue weighted by molar-refractivity contribution is 6.19. The third-order valence-corrected chi connectivity index (χ3v) is 12.3. The predicted octanol–water partition coefficient (Wildman–Crippen LogP) is 13.7. The van der Waals surface area contributed by atoms with Gasteiger partial charge in [0.2, 0.25) is 0 Å². The summed E-state index contributed by atoms with van der Waals surface area (Å²) in [6.07, 6.45) is 1.85. The molecule has 0 radical (unpaired) electrons. The second kappa shape index (κ2) is 12.5. The maximum absolute atomic E-state index is 6.80. The van der Waals surface area contributed by atoms with Crippen molar-refractivity contribution >= 4 is 76.8 Å². The number of pyridine rings is 3. The van der Waals surface area contributed by atoms with Crippen molar-refractivity contribution in [3.63, 3.8) is 0 Å². The van der Waals surface area contributed by atoms with Gasteiger partial charge in [0.15, 0.2) is 0 Å². The van der Waals surface area contributed by atoms with Gasteiger partial charge in [-0.25, -0.2) is 9.97 Å². The first-order valence-electron chi connectivity index (χ1n) is 20.1. The van der Waals surface area contributed by atoms with Crippen LogP contribution in [0, 0.1) is 27.7 Å². The van der Waals surface area contributed by atoms with Crippen LogP contribution in [0.25, 0.3) is 99.1 Å². The van der Waals surface area contributed by atoms with E-state index < -0.39 is 0 Å². The minimum absolute atomic E-state index is 0.724. The van der Waals surface area contributed by atoms with E-state index in [2.05, 4.69) is 164 Å². The topological polar surface area (TPSA) is 56.7 Å². The minimum atomic E-state index is 0.724. The molecule has 12 aromatic rings. The molecule has 59 heavy (non-hydrogen) atoms. The molecular formula is C53H37N5O. The van der Waals surface area contributed by atoms with Gasteiger partial charge in [0.1, 0.15) is 22.8 Å². The summed E-state index contributed by atoms with van der Waals surface area (Å²) in [5.41, 5.74) is 18.9. The number of benzene rings is 7. The van der Waals surface area contributed by atoms with E-state index in [-0.39, 0.29) is 0 Å². The summed E-state index contributed by atoms with van der Waals surface area (Å²) in [5, 5.41) is 5.33. The smallest absolute Gasteiger partial charge is 0.146 e. The van der Waals surface area contributed by atoms with Gasteiger partial charge in [-0.1, -0.05) is 72.8 Å². The van der Waals surface area contributed by atoms with Crippen LogP contribution in [0.5, 0.6) is 11.5 Å². The summed E-state index contributed by atoms with van der Waals surface area (Å²) < 4.78 is 11.4. The first-order chi connectivity index (χ1) is 28.9. The van der Waals surface area contributed by atoms with E-state index in [1.807, 2.05) is 24.4 Å². The van der Waals surface area contributed by atoms with Crippen LogP contribution in [0.4, 0.5) is 0 Å². The standard InChI is InChI=1S/C53H37N5O/c1-30-12-9-13-31(2)47(30)39-26-25-38-36-23-21-34(28-40(36)53-56-43-17-6-8-19-45(43)58(53)51(38)49(39)48-32(3)14-10-15-33(48)4)59-35-22-24-37-41(29-35)52-55-42-16-5-7-18-44(42)57(52)46-20-11-27-54-50(37)46/h5-29H,1-4H3. The van der Waals surface area contributed by atoms with Gasteiger partial charge < -0.3 is 4.74 Å². The van der Waals surface area contributed by atoms with Crippen LogP contribution in [-0.2, 0) is 0 Å². The van der Waals surface area contributed by atoms with E-state index in [1.165, 1.54) is 44.5 Å². The van der Waals surface area contributed by atoms with E-state index in [0.29, 0.717) is 0 Å². The Hall–Kier alpha value is -7.57. The van der Waals surface area contributed by atoms with Crippen LogP contribution >= 0.6 is 0 Å². The third kappa shape index (κ3) is 4.83. The minimum Gasteiger partial charge on any atom is -0.457 e. The van der Waals surface area contributed by atoms with E-state index in [0.717, 1.165) is 88.3 Å². The monoisotopic (exact) mass is 759 g/mol. The molecule has 0 saturated carbocycles. The lowest BCUT2D eigenvalue weighted by Gasteiger charge is -2.22. The largest absolute Gasteiger partial charge is 0.457 e. The summed E-state index contributed by atoms with van der Waals surface area (Å²) >= 11 is 0. The van der Waals surface area contributed by atoms with Crippen molar-refractivity contribution in [2.45, 2.75) is 27.7 Å². The van der Waals surface area contributed by atoms with Crippen molar-refractivity contribution in [1.82, 2.24) is 23.8 Å². The number of aryl methyl sites for hydroxylation is 4. The fourth-order valence-corrected chi connectivity index (χ4v) is 9.74. The molecular weight excluding hydrogens is 723 g/mol. The lowest BCUT2D eigenvalue weighted by molar-refractivity contribution is 0.484. The van der Waals surface area contributed by atoms with Gasteiger partial charge in [0.05, 0.1) is 38.6 Å². The molecule has 0 aliphatic rings. The zero-order valence-electron chi connectivity index (χ0n) is 33.1. The molecule has 6 nitrogen and oxygen atoms in total. The van der Waals surface area contributed by atoms with E-state index in [1.54, 1.807) is 0 Å². The highest BCUT2D eigenvalue weighted by Crippen LogP contribution is 2.46. The first-order valence-corrected chi connectivity index (χ1v) is 20.1. The Morgan fingerprint density at radius 2 is 0.966 bits per heavy atom. The van der Waals surface area contributed by atoms with Crippen molar-refractivity contribution in [1.29, 1.82) is 0 Å². The van der Waals surface area contributed by atoms with Gasteiger partial charge in [-0.2, -0.15) is 0 Å². The molecule has 0 spiro atoms. The molecule has 6 heteroatoms. The van der Waals surface area contributed by atoms with Crippen molar-refractivity contribution in [2.75, 3.05) is 0 Å².